The summed E-state index contributed by atoms with van der Waals surface area (Å²) in [5.74, 6) is 0.229. The van der Waals surface area contributed by atoms with Crippen molar-refractivity contribution in [1.82, 2.24) is 29.3 Å². The van der Waals surface area contributed by atoms with Gasteiger partial charge in [-0.25, -0.2) is 15.0 Å². The lowest BCUT2D eigenvalue weighted by atomic mass is 9.99. The SMILES string of the molecule is COc1ccc(Cl)cc1-c1cc(C)ncc1C(=O)Nc1nc2ncc(-c3ccn4c(C)cnc4c3)nc2s1. The molecule has 1 amide bonds. The Morgan fingerprint density at radius 1 is 1.00 bits per heavy atom. The number of fused-ring (bicyclic) bond motifs is 2. The molecular weight excluding hydrogens is 522 g/mol. The first-order valence-electron chi connectivity index (χ1n) is 11.6. The number of carbonyl (C=O) groups excluding carboxylic acids is 1. The minimum Gasteiger partial charge on any atom is -0.496 e. The van der Waals surface area contributed by atoms with Crippen molar-refractivity contribution >= 4 is 50.1 Å². The van der Waals surface area contributed by atoms with Crippen LogP contribution in [0.25, 0.3) is 38.5 Å². The molecule has 6 rings (SSSR count). The molecule has 0 atom stereocenters. The van der Waals surface area contributed by atoms with Crippen LogP contribution in [0.3, 0.4) is 0 Å². The number of amides is 1. The molecule has 0 radical (unpaired) electrons. The second-order valence-corrected chi connectivity index (χ2v) is 10.0. The third-order valence-corrected chi connectivity index (χ3v) is 7.16. The van der Waals surface area contributed by atoms with Crippen LogP contribution in [0.2, 0.25) is 5.02 Å². The molecule has 0 fully saturated rings. The van der Waals surface area contributed by atoms with Crippen molar-refractivity contribution in [3.8, 4) is 28.1 Å². The van der Waals surface area contributed by atoms with Gasteiger partial charge in [-0.3, -0.25) is 15.1 Å². The number of aryl methyl sites for hydroxylation is 2. The maximum Gasteiger partial charge on any atom is 0.259 e. The summed E-state index contributed by atoms with van der Waals surface area (Å²) in [6.07, 6.45) is 6.99. The van der Waals surface area contributed by atoms with Crippen molar-refractivity contribution in [1.29, 1.82) is 0 Å². The summed E-state index contributed by atoms with van der Waals surface area (Å²) in [5.41, 5.74) is 6.38. The minimum atomic E-state index is -0.367. The van der Waals surface area contributed by atoms with E-state index in [-0.39, 0.29) is 5.91 Å². The number of thiazole rings is 1. The zero-order valence-electron chi connectivity index (χ0n) is 20.6. The van der Waals surface area contributed by atoms with Crippen molar-refractivity contribution in [2.45, 2.75) is 13.8 Å². The van der Waals surface area contributed by atoms with E-state index in [1.54, 1.807) is 31.5 Å². The molecule has 0 aliphatic rings. The summed E-state index contributed by atoms with van der Waals surface area (Å²) in [4.78, 5) is 36.4. The Morgan fingerprint density at radius 3 is 2.71 bits per heavy atom. The molecule has 5 heterocycles. The third-order valence-electron chi connectivity index (χ3n) is 6.07. The number of aromatic nitrogens is 6. The highest BCUT2D eigenvalue weighted by atomic mass is 35.5. The van der Waals surface area contributed by atoms with Gasteiger partial charge in [-0.05, 0) is 50.2 Å². The lowest BCUT2D eigenvalue weighted by Gasteiger charge is -2.13. The molecule has 6 aromatic rings. The fourth-order valence-corrected chi connectivity index (χ4v) is 5.16. The highest BCUT2D eigenvalue weighted by molar-refractivity contribution is 7.21. The van der Waals surface area contributed by atoms with Crippen LogP contribution >= 0.6 is 22.9 Å². The highest BCUT2D eigenvalue weighted by Gasteiger charge is 2.19. The van der Waals surface area contributed by atoms with Crippen LogP contribution in [-0.2, 0) is 0 Å². The van der Waals surface area contributed by atoms with Gasteiger partial charge in [0.2, 0.25) is 0 Å². The van der Waals surface area contributed by atoms with Gasteiger partial charge in [0, 0.05) is 51.7 Å². The van der Waals surface area contributed by atoms with E-state index in [4.69, 9.17) is 21.3 Å². The van der Waals surface area contributed by atoms with Gasteiger partial charge in [0.05, 0.1) is 24.6 Å². The lowest BCUT2D eigenvalue weighted by molar-refractivity contribution is 0.102. The first kappa shape index (κ1) is 24.0. The Bertz CT molecular complexity index is 1860. The molecule has 1 aromatic carbocycles. The molecule has 0 aliphatic carbocycles. The minimum absolute atomic E-state index is 0.361. The van der Waals surface area contributed by atoms with Gasteiger partial charge >= 0.3 is 0 Å². The maximum atomic E-state index is 13.4. The summed E-state index contributed by atoms with van der Waals surface area (Å²) < 4.78 is 7.52. The second-order valence-electron chi connectivity index (χ2n) is 8.62. The molecular formula is C27H20ClN7O2S. The molecule has 1 N–H and O–H groups in total. The summed E-state index contributed by atoms with van der Waals surface area (Å²) in [5, 5.41) is 3.79. The van der Waals surface area contributed by atoms with Crippen molar-refractivity contribution < 1.29 is 9.53 Å². The van der Waals surface area contributed by atoms with E-state index in [2.05, 4.69) is 25.3 Å². The van der Waals surface area contributed by atoms with Crippen LogP contribution in [0.5, 0.6) is 5.75 Å². The van der Waals surface area contributed by atoms with Gasteiger partial charge in [0.25, 0.3) is 5.91 Å². The zero-order chi connectivity index (χ0) is 26.4. The topological polar surface area (TPSA) is 107 Å². The fraction of sp³-hybridized carbons (Fsp3) is 0.111. The standard InChI is InChI=1S/C27H20ClN7O2S/c1-14-8-18(19-10-17(28)4-5-22(19)37-3)20(12-29-14)25(36)34-27-33-24-26(38-27)32-21(13-31-24)16-6-7-35-15(2)11-30-23(35)9-16/h4-13H,1-3H3,(H,31,33,34,36). The number of ether oxygens (including phenoxy) is 1. The van der Waals surface area contributed by atoms with Crippen LogP contribution in [0.1, 0.15) is 21.7 Å². The molecule has 0 spiro atoms. The number of hydrogen-bond donors (Lipinski definition) is 1. The van der Waals surface area contributed by atoms with E-state index in [0.717, 1.165) is 22.6 Å². The number of rotatable bonds is 5. The van der Waals surface area contributed by atoms with Gasteiger partial charge in [0.15, 0.2) is 15.6 Å². The molecule has 0 unspecified atom stereocenters. The largest absolute Gasteiger partial charge is 0.496 e. The van der Waals surface area contributed by atoms with Crippen molar-refractivity contribution in [3.05, 3.63) is 83.2 Å². The summed E-state index contributed by atoms with van der Waals surface area (Å²) in [6.45, 7) is 3.86. The first-order chi connectivity index (χ1) is 18.4. The van der Waals surface area contributed by atoms with Crippen LogP contribution < -0.4 is 10.1 Å². The van der Waals surface area contributed by atoms with E-state index >= 15 is 0 Å². The van der Waals surface area contributed by atoms with Gasteiger partial charge < -0.3 is 9.14 Å². The monoisotopic (exact) mass is 541 g/mol. The highest BCUT2D eigenvalue weighted by Crippen LogP contribution is 2.35. The Balaban J connectivity index is 1.32. The molecule has 0 bridgehead atoms. The maximum absolute atomic E-state index is 13.4. The van der Waals surface area contributed by atoms with Crippen LogP contribution in [0, 0.1) is 13.8 Å². The second kappa shape index (κ2) is 9.47. The number of imidazole rings is 1. The van der Waals surface area contributed by atoms with Gasteiger partial charge in [-0.1, -0.05) is 22.9 Å². The zero-order valence-corrected chi connectivity index (χ0v) is 22.1. The molecule has 5 aromatic heterocycles. The Labute approximate surface area is 226 Å². The number of methoxy groups -OCH3 is 1. The average Bonchev–Trinajstić information content (AvgIpc) is 3.50. The van der Waals surface area contributed by atoms with Crippen LogP contribution in [0.4, 0.5) is 5.13 Å². The lowest BCUT2D eigenvalue weighted by Crippen LogP contribution is -2.14. The molecule has 38 heavy (non-hydrogen) atoms. The molecule has 11 heteroatoms. The third kappa shape index (κ3) is 4.33. The predicted octanol–water partition coefficient (Wildman–Crippen LogP) is 5.99. The van der Waals surface area contributed by atoms with Crippen molar-refractivity contribution in [2.24, 2.45) is 0 Å². The molecule has 0 aliphatic heterocycles. The van der Waals surface area contributed by atoms with Crippen molar-refractivity contribution in [2.75, 3.05) is 12.4 Å². The average molecular weight is 542 g/mol. The predicted molar refractivity (Wildman–Crippen MR) is 148 cm³/mol. The number of carbonyl (C=O) groups is 1. The van der Waals surface area contributed by atoms with Gasteiger partial charge in [-0.15, -0.1) is 0 Å². The number of nitrogens with zero attached hydrogens (tertiary/aromatic N) is 6. The van der Waals surface area contributed by atoms with E-state index in [1.807, 2.05) is 48.8 Å². The molecule has 188 valence electrons. The molecule has 0 saturated carbocycles. The number of hydrogen-bond acceptors (Lipinski definition) is 8. The fourth-order valence-electron chi connectivity index (χ4n) is 4.20. The summed E-state index contributed by atoms with van der Waals surface area (Å²) in [7, 11) is 1.57. The quantitative estimate of drug-likeness (QED) is 0.285. The normalized spacial score (nSPS) is 11.3. The smallest absolute Gasteiger partial charge is 0.259 e. The van der Waals surface area contributed by atoms with Gasteiger partial charge in [-0.2, -0.15) is 4.98 Å². The Hall–Kier alpha value is -4.41. The number of nitrogens with one attached hydrogen (secondary N) is 1. The van der Waals surface area contributed by atoms with E-state index < -0.39 is 0 Å². The number of benzene rings is 1. The van der Waals surface area contributed by atoms with Crippen molar-refractivity contribution in [3.63, 3.8) is 0 Å². The summed E-state index contributed by atoms with van der Waals surface area (Å²) in [6, 6.07) is 11.0. The number of halogens is 1. The van der Waals surface area contributed by atoms with E-state index in [9.17, 15) is 4.79 Å². The molecule has 9 nitrogen and oxygen atoms in total. The number of pyridine rings is 2. The number of anilines is 1. The van der Waals surface area contributed by atoms with E-state index in [0.29, 0.717) is 48.8 Å². The summed E-state index contributed by atoms with van der Waals surface area (Å²) >= 11 is 7.51. The Kier molecular flexibility index (Phi) is 5.97. The van der Waals surface area contributed by atoms with Crippen LogP contribution in [0.15, 0.2) is 61.2 Å². The Morgan fingerprint density at radius 2 is 1.87 bits per heavy atom. The van der Waals surface area contributed by atoms with Crippen LogP contribution in [-0.4, -0.2) is 42.3 Å². The first-order valence-corrected chi connectivity index (χ1v) is 12.8. The molecule has 0 saturated heterocycles. The van der Waals surface area contributed by atoms with E-state index in [1.165, 1.54) is 17.5 Å². The van der Waals surface area contributed by atoms with Gasteiger partial charge in [0.1, 0.15) is 11.4 Å².